The van der Waals surface area contributed by atoms with Gasteiger partial charge in [-0.1, -0.05) is 12.1 Å². The fourth-order valence-corrected chi connectivity index (χ4v) is 2.80. The molecule has 1 aromatic carbocycles. The number of esters is 1. The molecular formula is C15H15NO3S. The molecule has 1 aromatic heterocycles. The van der Waals surface area contributed by atoms with E-state index in [0.717, 1.165) is 5.56 Å². The SMILES string of the molecule is COC(=O)c1ccccc1N(C)C(=O)c1sccc1C. The number of rotatable bonds is 3. The Hall–Kier alpha value is -2.14. The minimum Gasteiger partial charge on any atom is -0.465 e. The van der Waals surface area contributed by atoms with Crippen molar-refractivity contribution in [1.82, 2.24) is 0 Å². The summed E-state index contributed by atoms with van der Waals surface area (Å²) < 4.78 is 4.75. The van der Waals surface area contributed by atoms with Gasteiger partial charge in [0.2, 0.25) is 0 Å². The third kappa shape index (κ3) is 2.58. The molecule has 0 saturated heterocycles. The predicted octanol–water partition coefficient (Wildman–Crippen LogP) is 3.12. The maximum absolute atomic E-state index is 12.5. The second-order valence-electron chi connectivity index (χ2n) is 4.31. The van der Waals surface area contributed by atoms with E-state index >= 15 is 0 Å². The lowest BCUT2D eigenvalue weighted by molar-refractivity contribution is 0.0601. The second-order valence-corrected chi connectivity index (χ2v) is 5.22. The maximum atomic E-state index is 12.5. The summed E-state index contributed by atoms with van der Waals surface area (Å²) in [6.07, 6.45) is 0. The van der Waals surface area contributed by atoms with Crippen molar-refractivity contribution in [2.75, 3.05) is 19.1 Å². The molecule has 2 aromatic rings. The first-order chi connectivity index (χ1) is 9.56. The molecular weight excluding hydrogens is 274 g/mol. The van der Waals surface area contributed by atoms with Crippen molar-refractivity contribution >= 4 is 28.9 Å². The second kappa shape index (κ2) is 5.88. The Bertz CT molecular complexity index is 648. The number of methoxy groups -OCH3 is 1. The van der Waals surface area contributed by atoms with Gasteiger partial charge in [0.25, 0.3) is 5.91 Å². The van der Waals surface area contributed by atoms with E-state index in [1.165, 1.54) is 23.3 Å². The van der Waals surface area contributed by atoms with E-state index in [4.69, 9.17) is 4.74 Å². The molecule has 2 rings (SSSR count). The maximum Gasteiger partial charge on any atom is 0.339 e. The molecule has 5 heteroatoms. The Morgan fingerprint density at radius 2 is 1.90 bits per heavy atom. The summed E-state index contributed by atoms with van der Waals surface area (Å²) in [6.45, 7) is 1.89. The van der Waals surface area contributed by atoms with Gasteiger partial charge in [0.1, 0.15) is 0 Å². The van der Waals surface area contributed by atoms with Crippen LogP contribution in [0.4, 0.5) is 5.69 Å². The van der Waals surface area contributed by atoms with Crippen LogP contribution in [0.2, 0.25) is 0 Å². The Morgan fingerprint density at radius 3 is 2.50 bits per heavy atom. The average Bonchev–Trinajstić information content (AvgIpc) is 2.91. The van der Waals surface area contributed by atoms with Crippen LogP contribution in [0.1, 0.15) is 25.6 Å². The quantitative estimate of drug-likeness (QED) is 0.816. The van der Waals surface area contributed by atoms with Crippen LogP contribution in [0.25, 0.3) is 0 Å². The van der Waals surface area contributed by atoms with E-state index < -0.39 is 5.97 Å². The number of thiophene rings is 1. The van der Waals surface area contributed by atoms with Crippen molar-refractivity contribution < 1.29 is 14.3 Å². The topological polar surface area (TPSA) is 46.6 Å². The first-order valence-electron chi connectivity index (χ1n) is 6.05. The summed E-state index contributed by atoms with van der Waals surface area (Å²) >= 11 is 1.39. The lowest BCUT2D eigenvalue weighted by Crippen LogP contribution is -2.27. The number of carbonyl (C=O) groups is 2. The minimum atomic E-state index is -0.455. The van der Waals surface area contributed by atoms with Crippen molar-refractivity contribution in [3.8, 4) is 0 Å². The number of para-hydroxylation sites is 1. The zero-order valence-electron chi connectivity index (χ0n) is 11.5. The Morgan fingerprint density at radius 1 is 1.20 bits per heavy atom. The molecule has 0 radical (unpaired) electrons. The molecule has 0 saturated carbocycles. The molecule has 0 spiro atoms. The lowest BCUT2D eigenvalue weighted by atomic mass is 10.1. The van der Waals surface area contributed by atoms with Crippen LogP contribution in [-0.4, -0.2) is 26.0 Å². The van der Waals surface area contributed by atoms with Gasteiger partial charge in [0.05, 0.1) is 23.2 Å². The van der Waals surface area contributed by atoms with Crippen molar-refractivity contribution in [1.29, 1.82) is 0 Å². The highest BCUT2D eigenvalue weighted by Crippen LogP contribution is 2.24. The van der Waals surface area contributed by atoms with Gasteiger partial charge >= 0.3 is 5.97 Å². The molecule has 1 heterocycles. The van der Waals surface area contributed by atoms with E-state index in [9.17, 15) is 9.59 Å². The van der Waals surface area contributed by atoms with Crippen molar-refractivity contribution in [2.45, 2.75) is 6.92 Å². The number of hydrogen-bond donors (Lipinski definition) is 0. The molecule has 0 aliphatic heterocycles. The van der Waals surface area contributed by atoms with Gasteiger partial charge in [-0.2, -0.15) is 0 Å². The zero-order valence-corrected chi connectivity index (χ0v) is 12.4. The van der Waals surface area contributed by atoms with Gasteiger partial charge in [-0.15, -0.1) is 11.3 Å². The first kappa shape index (κ1) is 14.3. The van der Waals surface area contributed by atoms with Gasteiger partial charge in [0, 0.05) is 7.05 Å². The van der Waals surface area contributed by atoms with Crippen LogP contribution in [0, 0.1) is 6.92 Å². The summed E-state index contributed by atoms with van der Waals surface area (Å²) in [5.74, 6) is -0.586. The summed E-state index contributed by atoms with van der Waals surface area (Å²) in [6, 6.07) is 8.80. The normalized spacial score (nSPS) is 10.2. The minimum absolute atomic E-state index is 0.131. The van der Waals surface area contributed by atoms with Crippen LogP contribution in [0.15, 0.2) is 35.7 Å². The van der Waals surface area contributed by atoms with Crippen LogP contribution in [0.3, 0.4) is 0 Å². The summed E-state index contributed by atoms with van der Waals surface area (Å²) in [4.78, 5) is 26.4. The average molecular weight is 289 g/mol. The van der Waals surface area contributed by atoms with Crippen LogP contribution in [0.5, 0.6) is 0 Å². The van der Waals surface area contributed by atoms with E-state index in [-0.39, 0.29) is 5.91 Å². The highest BCUT2D eigenvalue weighted by Gasteiger charge is 2.21. The largest absolute Gasteiger partial charge is 0.465 e. The molecule has 0 fully saturated rings. The molecule has 0 aliphatic rings. The lowest BCUT2D eigenvalue weighted by Gasteiger charge is -2.19. The van der Waals surface area contributed by atoms with Crippen LogP contribution >= 0.6 is 11.3 Å². The number of hydrogen-bond acceptors (Lipinski definition) is 4. The molecule has 20 heavy (non-hydrogen) atoms. The Balaban J connectivity index is 2.39. The van der Waals surface area contributed by atoms with Gasteiger partial charge in [-0.05, 0) is 36.1 Å². The number of aryl methyl sites for hydroxylation is 1. The van der Waals surface area contributed by atoms with E-state index in [2.05, 4.69) is 0 Å². The predicted molar refractivity (Wildman–Crippen MR) is 79.6 cm³/mol. The summed E-state index contributed by atoms with van der Waals surface area (Å²) in [7, 11) is 2.98. The zero-order chi connectivity index (χ0) is 14.7. The van der Waals surface area contributed by atoms with Gasteiger partial charge in [-0.3, -0.25) is 4.79 Å². The fraction of sp³-hybridized carbons (Fsp3) is 0.200. The number of amides is 1. The van der Waals surface area contributed by atoms with Crippen LogP contribution in [-0.2, 0) is 4.74 Å². The molecule has 4 nitrogen and oxygen atoms in total. The summed E-state index contributed by atoms with van der Waals surface area (Å²) in [5.41, 5.74) is 1.85. The smallest absolute Gasteiger partial charge is 0.339 e. The monoisotopic (exact) mass is 289 g/mol. The van der Waals surface area contributed by atoms with Crippen molar-refractivity contribution in [2.24, 2.45) is 0 Å². The standard InChI is InChI=1S/C15H15NO3S/c1-10-8-9-20-13(10)14(17)16(2)12-7-5-4-6-11(12)15(18)19-3/h4-9H,1-3H3. The molecule has 0 unspecified atom stereocenters. The van der Waals surface area contributed by atoms with E-state index in [1.807, 2.05) is 18.4 Å². The summed E-state index contributed by atoms with van der Waals surface area (Å²) in [5, 5.41) is 1.88. The molecule has 0 N–H and O–H groups in total. The number of carbonyl (C=O) groups excluding carboxylic acids is 2. The van der Waals surface area contributed by atoms with E-state index in [1.54, 1.807) is 31.3 Å². The molecule has 0 aliphatic carbocycles. The number of anilines is 1. The Labute approximate surface area is 121 Å². The highest BCUT2D eigenvalue weighted by molar-refractivity contribution is 7.12. The Kier molecular flexibility index (Phi) is 4.20. The number of benzene rings is 1. The third-order valence-electron chi connectivity index (χ3n) is 3.03. The van der Waals surface area contributed by atoms with Crippen molar-refractivity contribution in [3.05, 3.63) is 51.7 Å². The third-order valence-corrected chi connectivity index (χ3v) is 4.04. The molecule has 0 atom stereocenters. The first-order valence-corrected chi connectivity index (χ1v) is 6.93. The van der Waals surface area contributed by atoms with Crippen LogP contribution < -0.4 is 4.90 Å². The van der Waals surface area contributed by atoms with Gasteiger partial charge in [-0.25, -0.2) is 4.79 Å². The molecule has 104 valence electrons. The van der Waals surface area contributed by atoms with Crippen molar-refractivity contribution in [3.63, 3.8) is 0 Å². The molecule has 1 amide bonds. The van der Waals surface area contributed by atoms with E-state index in [0.29, 0.717) is 16.1 Å². The number of nitrogens with zero attached hydrogens (tertiary/aromatic N) is 1. The van der Waals surface area contributed by atoms with Gasteiger partial charge in [0.15, 0.2) is 0 Å². The number of ether oxygens (including phenoxy) is 1. The highest BCUT2D eigenvalue weighted by atomic mass is 32.1. The molecule has 0 bridgehead atoms. The fourth-order valence-electron chi connectivity index (χ4n) is 1.90. The van der Waals surface area contributed by atoms with Gasteiger partial charge < -0.3 is 9.64 Å².